The maximum absolute atomic E-state index is 10.9. The summed E-state index contributed by atoms with van der Waals surface area (Å²) in [5.74, 6) is 0. The molecular weight excluding hydrogens is 408 g/mol. The highest BCUT2D eigenvalue weighted by Crippen LogP contribution is 2.23. The highest BCUT2D eigenvalue weighted by molar-refractivity contribution is 7.88. The Morgan fingerprint density at radius 1 is 0.769 bits per heavy atom. The number of sulfonamides is 1. The molecule has 0 aromatic carbocycles. The maximum atomic E-state index is 10.9. The van der Waals surface area contributed by atoms with Gasteiger partial charge in [0.1, 0.15) is 0 Å². The van der Waals surface area contributed by atoms with Crippen LogP contribution in [0, 0.1) is 0 Å². The van der Waals surface area contributed by atoms with E-state index >= 15 is 0 Å². The van der Waals surface area contributed by atoms with E-state index in [1.807, 2.05) is 0 Å². The Morgan fingerprint density at radius 3 is 1.62 bits per heavy atom. The number of hydrogen-bond acceptors (Lipinski definition) is 9. The van der Waals surface area contributed by atoms with Crippen LogP contribution in [0.5, 0.6) is 0 Å². The predicted octanol–water partition coefficient (Wildman–Crippen LogP) is -0.725. The lowest BCUT2D eigenvalue weighted by molar-refractivity contribution is 0.217. The van der Waals surface area contributed by atoms with Crippen molar-refractivity contribution in [2.24, 2.45) is 5.73 Å². The third kappa shape index (κ3) is 11.4. The molecule has 0 radical (unpaired) electrons. The molecule has 0 unspecified atom stereocenters. The van der Waals surface area contributed by atoms with E-state index < -0.39 is 36.4 Å². The van der Waals surface area contributed by atoms with E-state index in [9.17, 15) is 25.3 Å². The molecule has 0 spiro atoms. The van der Waals surface area contributed by atoms with E-state index in [1.54, 1.807) is 0 Å². The van der Waals surface area contributed by atoms with E-state index in [0.717, 1.165) is 31.6 Å². The lowest BCUT2D eigenvalue weighted by Crippen LogP contribution is -2.32. The molecule has 13 heteroatoms. The van der Waals surface area contributed by atoms with Crippen molar-refractivity contribution < 1.29 is 33.6 Å². The highest BCUT2D eigenvalue weighted by atomic mass is 32.2. The zero-order valence-electron chi connectivity index (χ0n) is 15.1. The van der Waals surface area contributed by atoms with Crippen LogP contribution < -0.4 is 10.5 Å². The van der Waals surface area contributed by atoms with Gasteiger partial charge in [0.15, 0.2) is 0 Å². The molecule has 2 aliphatic carbocycles. The minimum atomic E-state index is -3.45. The molecule has 10 nitrogen and oxygen atoms in total. The molecule has 4 atom stereocenters. The summed E-state index contributed by atoms with van der Waals surface area (Å²) >= 11 is 0. The monoisotopic (exact) mass is 436 g/mol. The van der Waals surface area contributed by atoms with Gasteiger partial charge in [-0.3, -0.25) is 8.37 Å². The number of nitrogens with one attached hydrogen (secondary N) is 1. The maximum Gasteiger partial charge on any atom is 0.264 e. The fourth-order valence-corrected chi connectivity index (χ4v) is 5.15. The lowest BCUT2D eigenvalue weighted by Gasteiger charge is -2.11. The van der Waals surface area contributed by atoms with Crippen molar-refractivity contribution in [3.05, 3.63) is 0 Å². The van der Waals surface area contributed by atoms with Crippen LogP contribution in [-0.2, 0) is 38.6 Å². The molecule has 0 saturated heterocycles. The normalized spacial score (nSPS) is 30.0. The van der Waals surface area contributed by atoms with Crippen LogP contribution >= 0.6 is 0 Å². The van der Waals surface area contributed by atoms with Crippen LogP contribution in [0.15, 0.2) is 0 Å². The molecule has 0 aromatic heterocycles. The standard InChI is InChI=1S/C7H15NO5S2.C6H13NO3S/c1-14(9,10)8-6-3-4-7(5-6)13-15(2,11)12;1-11(8,9)10-6-3-2-5(7)4-6/h6-8H,3-5H2,1-2H3;5-6H,2-4,7H2,1H3/t6-,7-;5-,6-/m11/s1. The molecule has 0 aliphatic heterocycles. The van der Waals surface area contributed by atoms with E-state index in [0.29, 0.717) is 25.7 Å². The molecule has 156 valence electrons. The Labute approximate surface area is 156 Å². The van der Waals surface area contributed by atoms with Crippen LogP contribution in [0.1, 0.15) is 38.5 Å². The summed E-state index contributed by atoms with van der Waals surface area (Å²) in [4.78, 5) is 0. The second-order valence-corrected chi connectivity index (χ2v) is 11.8. The van der Waals surface area contributed by atoms with Gasteiger partial charge in [-0.05, 0) is 38.5 Å². The van der Waals surface area contributed by atoms with Gasteiger partial charge in [-0.25, -0.2) is 13.1 Å². The molecule has 2 saturated carbocycles. The van der Waals surface area contributed by atoms with Gasteiger partial charge in [0.25, 0.3) is 20.2 Å². The van der Waals surface area contributed by atoms with E-state index in [1.165, 1.54) is 0 Å². The molecule has 2 rings (SSSR count). The number of hydrogen-bond donors (Lipinski definition) is 2. The van der Waals surface area contributed by atoms with Crippen molar-refractivity contribution in [3.8, 4) is 0 Å². The zero-order chi connectivity index (χ0) is 20.2. The second kappa shape index (κ2) is 9.26. The Morgan fingerprint density at radius 2 is 1.23 bits per heavy atom. The minimum Gasteiger partial charge on any atom is -0.328 e. The molecule has 0 amide bonds. The summed E-state index contributed by atoms with van der Waals surface area (Å²) in [5, 5.41) is 0. The molecule has 0 aromatic rings. The van der Waals surface area contributed by atoms with Gasteiger partial charge in [-0.15, -0.1) is 0 Å². The van der Waals surface area contributed by atoms with Crippen LogP contribution in [-0.4, -0.2) is 68.3 Å². The van der Waals surface area contributed by atoms with Crippen molar-refractivity contribution in [1.82, 2.24) is 4.72 Å². The van der Waals surface area contributed by atoms with Crippen molar-refractivity contribution in [2.45, 2.75) is 62.8 Å². The van der Waals surface area contributed by atoms with Gasteiger partial charge in [0.05, 0.1) is 31.0 Å². The lowest BCUT2D eigenvalue weighted by atomic mass is 10.3. The summed E-state index contributed by atoms with van der Waals surface area (Å²) < 4.78 is 76.7. The average molecular weight is 437 g/mol. The van der Waals surface area contributed by atoms with Crippen LogP contribution in [0.3, 0.4) is 0 Å². The first-order valence-electron chi connectivity index (χ1n) is 8.12. The number of rotatable bonds is 6. The smallest absolute Gasteiger partial charge is 0.264 e. The SMILES string of the molecule is CS(=O)(=O)N[C@@H]1CC[C@@H](OS(C)(=O)=O)C1.CS(=O)(=O)O[C@@H]1CC[C@@H](N)C1. The van der Waals surface area contributed by atoms with Crippen molar-refractivity contribution in [3.63, 3.8) is 0 Å². The van der Waals surface area contributed by atoms with Crippen LogP contribution in [0.2, 0.25) is 0 Å². The first-order chi connectivity index (χ1) is 11.6. The molecule has 0 bridgehead atoms. The van der Waals surface area contributed by atoms with E-state index in [-0.39, 0.29) is 18.2 Å². The first-order valence-corrected chi connectivity index (χ1v) is 13.6. The molecule has 3 N–H and O–H groups in total. The summed E-state index contributed by atoms with van der Waals surface area (Å²) in [6.07, 6.45) is 6.40. The average Bonchev–Trinajstić information content (AvgIpc) is 2.93. The van der Waals surface area contributed by atoms with E-state index in [4.69, 9.17) is 14.1 Å². The van der Waals surface area contributed by atoms with Gasteiger partial charge < -0.3 is 5.73 Å². The topological polar surface area (TPSA) is 159 Å². The molecule has 26 heavy (non-hydrogen) atoms. The Kier molecular flexibility index (Phi) is 8.45. The Hall–Kier alpha value is -0.310. The van der Waals surface area contributed by atoms with Gasteiger partial charge in [-0.1, -0.05) is 0 Å². The predicted molar refractivity (Wildman–Crippen MR) is 96.9 cm³/mol. The fourth-order valence-electron chi connectivity index (χ4n) is 2.99. The summed E-state index contributed by atoms with van der Waals surface area (Å²) in [6.45, 7) is 0. The van der Waals surface area contributed by atoms with E-state index in [2.05, 4.69) is 4.72 Å². The van der Waals surface area contributed by atoms with Crippen LogP contribution in [0.4, 0.5) is 0 Å². The number of nitrogens with two attached hydrogens (primary N) is 1. The molecule has 2 fully saturated rings. The zero-order valence-corrected chi connectivity index (χ0v) is 17.6. The molecule has 0 heterocycles. The fraction of sp³-hybridized carbons (Fsp3) is 1.00. The molecular formula is C13H28N2O8S3. The quantitative estimate of drug-likeness (QED) is 0.512. The minimum absolute atomic E-state index is 0.113. The second-order valence-electron chi connectivity index (χ2n) is 6.82. The summed E-state index contributed by atoms with van der Waals surface area (Å²) in [7, 11) is -9.97. The Bertz CT molecular complexity index is 723. The largest absolute Gasteiger partial charge is 0.328 e. The van der Waals surface area contributed by atoms with Crippen molar-refractivity contribution in [2.75, 3.05) is 18.8 Å². The highest BCUT2D eigenvalue weighted by Gasteiger charge is 2.29. The summed E-state index contributed by atoms with van der Waals surface area (Å²) in [5.41, 5.74) is 5.57. The van der Waals surface area contributed by atoms with Crippen molar-refractivity contribution >= 4 is 30.3 Å². The summed E-state index contributed by atoms with van der Waals surface area (Å²) in [6, 6.07) is -0.103. The van der Waals surface area contributed by atoms with Crippen molar-refractivity contribution in [1.29, 1.82) is 0 Å². The van der Waals surface area contributed by atoms with Crippen LogP contribution in [0.25, 0.3) is 0 Å². The molecule has 2 aliphatic rings. The Balaban J connectivity index is 0.000000273. The van der Waals surface area contributed by atoms with Gasteiger partial charge in [0, 0.05) is 12.1 Å². The van der Waals surface area contributed by atoms with Gasteiger partial charge in [0.2, 0.25) is 10.0 Å². The first kappa shape index (κ1) is 23.7. The van der Waals surface area contributed by atoms with Gasteiger partial charge >= 0.3 is 0 Å². The third-order valence-electron chi connectivity index (χ3n) is 3.81. The van der Waals surface area contributed by atoms with Gasteiger partial charge in [-0.2, -0.15) is 16.8 Å². The third-order valence-corrected chi connectivity index (χ3v) is 5.82.